The average Bonchev–Trinajstić information content (AvgIpc) is 0.687. The highest BCUT2D eigenvalue weighted by molar-refractivity contribution is 6.99. The van der Waals surface area contributed by atoms with Crippen molar-refractivity contribution in [3.05, 3.63) is 342 Å². The van der Waals surface area contributed by atoms with Gasteiger partial charge in [-0.2, -0.15) is 5.26 Å². The Morgan fingerprint density at radius 1 is 0.351 bits per heavy atom. The van der Waals surface area contributed by atoms with Crippen molar-refractivity contribution in [2.45, 2.75) is 84.5 Å². The maximum Gasteiger partial charge on any atom is 0.247 e. The van der Waals surface area contributed by atoms with Crippen LogP contribution in [0.4, 0.5) is 22.7 Å². The summed E-state index contributed by atoms with van der Waals surface area (Å²) < 4.78 is 0. The molecule has 0 saturated carbocycles. The van der Waals surface area contributed by atoms with Gasteiger partial charge in [0.2, 0.25) is 6.71 Å². The molecular weight excluding hydrogens is 1170 g/mol. The number of benzene rings is 13. The fourth-order valence-corrected chi connectivity index (χ4v) is 14.9. The van der Waals surface area contributed by atoms with Crippen LogP contribution in [0, 0.1) is 17.9 Å². The first-order valence-corrected chi connectivity index (χ1v) is 33.9. The van der Waals surface area contributed by atoms with Gasteiger partial charge in [0.05, 0.1) is 23.9 Å². The number of nitrogens with zero attached hydrogens (tertiary/aromatic N) is 3. The number of fused-ring (bicyclic) bond motifs is 4. The Balaban J connectivity index is 1.13. The van der Waals surface area contributed by atoms with Crippen molar-refractivity contribution in [2.75, 3.05) is 4.90 Å². The number of nitriles is 1. The normalized spacial score (nSPS) is 13.2. The van der Waals surface area contributed by atoms with E-state index in [-0.39, 0.29) is 28.9 Å². The molecule has 0 saturated heterocycles. The van der Waals surface area contributed by atoms with Gasteiger partial charge in [-0.15, -0.1) is 0 Å². The first-order chi connectivity index (χ1) is 46.9. The van der Waals surface area contributed by atoms with E-state index >= 15 is 0 Å². The largest absolute Gasteiger partial charge is 0.310 e. The molecule has 13 aromatic carbocycles. The lowest BCUT2D eigenvalue weighted by Crippen LogP contribution is -2.62. The van der Waals surface area contributed by atoms with Crippen LogP contribution >= 0.6 is 0 Å². The summed E-state index contributed by atoms with van der Waals surface area (Å²) >= 11 is 0. The summed E-state index contributed by atoms with van der Waals surface area (Å²) in [4.78, 5) is 6.50. The van der Waals surface area contributed by atoms with E-state index in [1.807, 2.05) is 24.3 Å². The van der Waals surface area contributed by atoms with Crippen molar-refractivity contribution in [1.82, 2.24) is 0 Å². The highest BCUT2D eigenvalue weighted by Gasteiger charge is 2.47. The Kier molecular flexibility index (Phi) is 15.6. The Morgan fingerprint density at radius 3 is 1.22 bits per heavy atom. The lowest BCUT2D eigenvalue weighted by Gasteiger charge is -2.45. The molecule has 97 heavy (non-hydrogen) atoms. The van der Waals surface area contributed by atoms with E-state index in [4.69, 9.17) is 6.57 Å². The van der Waals surface area contributed by atoms with Crippen LogP contribution in [0.15, 0.2) is 291 Å². The first-order valence-electron chi connectivity index (χ1n) is 33.9. The average molecular weight is 1250 g/mol. The van der Waals surface area contributed by atoms with E-state index in [2.05, 4.69) is 345 Å². The van der Waals surface area contributed by atoms with Crippen LogP contribution in [0.2, 0.25) is 0 Å². The molecule has 2 aliphatic rings. The zero-order valence-electron chi connectivity index (χ0n) is 56.7. The summed E-state index contributed by atoms with van der Waals surface area (Å²) in [5.41, 5.74) is 33.4. The van der Waals surface area contributed by atoms with Crippen LogP contribution in [0.1, 0.15) is 107 Å². The topological polar surface area (TPSA) is 31.4 Å². The lowest BCUT2D eigenvalue weighted by molar-refractivity contribution is 0.589. The molecule has 0 spiro atoms. The van der Waals surface area contributed by atoms with Crippen LogP contribution in [0.3, 0.4) is 0 Å². The molecular formula is C93H76BN3. The molecule has 13 aromatic rings. The number of anilines is 3. The standard InChI is InChI=1S/C93H76BN3/c1-91(2,3)73-43-35-67(36-44-73)79-52-71(63-33-31-60(59-95)32-34-63)51-78(65-27-19-13-20-28-65)88(79)87-77-49-41-69(61-23-15-11-16-24-61)55-83(77)94-84-56-70(62-25-17-12-18-26-62)42-50-85(84)97(86-58-75(93(7,8)9)57-82(87)89(86)94)90-80(66-29-21-14-22-30-66)53-72(64-39-47-76(96-10)48-40-64)54-81(90)68-37-45-74(46-38-68)92(4,5)6/h11-58,87H,1-9H3. The minimum atomic E-state index is -0.311. The second-order valence-corrected chi connectivity index (χ2v) is 29.4. The summed E-state index contributed by atoms with van der Waals surface area (Å²) in [6.45, 7) is 28.6. The lowest BCUT2D eigenvalue weighted by atomic mass is 9.30. The highest BCUT2D eigenvalue weighted by Crippen LogP contribution is 2.54. The minimum absolute atomic E-state index is 0.0648. The van der Waals surface area contributed by atoms with Crippen LogP contribution in [0.25, 0.3) is 93.9 Å². The molecule has 0 N–H and O–H groups in total. The molecule has 3 nitrogen and oxygen atoms in total. The molecule has 15 rings (SSSR count). The van der Waals surface area contributed by atoms with E-state index in [0.717, 1.165) is 95.0 Å². The fourth-order valence-electron chi connectivity index (χ4n) is 14.9. The van der Waals surface area contributed by atoms with Gasteiger partial charge in [-0.25, -0.2) is 4.85 Å². The predicted octanol–water partition coefficient (Wildman–Crippen LogP) is 23.1. The SMILES string of the molecule is [C-]#[N+]c1ccc(-c2cc(-c3ccccc3)c(N3c4ccc(-c5ccccc5)cc4B4c5cc(-c6ccccc6)ccc5C(c5c(-c6ccccc6)cc(-c6ccc(C#N)cc6)cc5-c5ccc(C(C)(C)C)cc5)c5cc(C(C)(C)C)cc3c54)c(-c3ccc(C(C)(C)C)cc3)c2)cc1. The van der Waals surface area contributed by atoms with Gasteiger partial charge in [-0.05, 0) is 187 Å². The van der Waals surface area contributed by atoms with Crippen molar-refractivity contribution in [3.63, 3.8) is 0 Å². The number of hydrogen-bond donors (Lipinski definition) is 0. The van der Waals surface area contributed by atoms with E-state index < -0.39 is 0 Å². The zero-order chi connectivity index (χ0) is 66.9. The van der Waals surface area contributed by atoms with Gasteiger partial charge in [-0.3, -0.25) is 0 Å². The zero-order valence-corrected chi connectivity index (χ0v) is 56.7. The predicted molar refractivity (Wildman–Crippen MR) is 410 cm³/mol. The Morgan fingerprint density at radius 2 is 0.742 bits per heavy atom. The molecule has 0 radical (unpaired) electrons. The molecule has 0 fully saturated rings. The summed E-state index contributed by atoms with van der Waals surface area (Å²) in [6.07, 6.45) is 0. The van der Waals surface area contributed by atoms with Gasteiger partial charge < -0.3 is 4.90 Å². The first kappa shape index (κ1) is 61.9. The number of rotatable bonds is 10. The minimum Gasteiger partial charge on any atom is -0.310 e. The van der Waals surface area contributed by atoms with Crippen LogP contribution in [-0.4, -0.2) is 6.71 Å². The van der Waals surface area contributed by atoms with Gasteiger partial charge in [0.1, 0.15) is 0 Å². The molecule has 0 aromatic heterocycles. The van der Waals surface area contributed by atoms with Crippen LogP contribution < -0.4 is 21.3 Å². The third kappa shape index (κ3) is 11.5. The summed E-state index contributed by atoms with van der Waals surface area (Å²) in [6, 6.07) is 111. The second-order valence-electron chi connectivity index (χ2n) is 29.4. The fraction of sp³-hybridized carbons (Fsp3) is 0.140. The highest BCUT2D eigenvalue weighted by atomic mass is 15.2. The molecule has 2 heterocycles. The Bertz CT molecular complexity index is 4910. The van der Waals surface area contributed by atoms with Crippen LogP contribution in [0.5, 0.6) is 0 Å². The smallest absolute Gasteiger partial charge is 0.247 e. The van der Waals surface area contributed by atoms with Crippen molar-refractivity contribution in [1.29, 1.82) is 5.26 Å². The Labute approximate surface area is 573 Å². The summed E-state index contributed by atoms with van der Waals surface area (Å²) in [5, 5.41) is 10.1. The second kappa shape index (κ2) is 24.5. The molecule has 4 heteroatoms. The molecule has 2 aliphatic heterocycles. The van der Waals surface area contributed by atoms with Gasteiger partial charge in [0, 0.05) is 28.4 Å². The van der Waals surface area contributed by atoms with Gasteiger partial charge in [-0.1, -0.05) is 310 Å². The Hall–Kier alpha value is -11.3. The summed E-state index contributed by atoms with van der Waals surface area (Å²) in [7, 11) is 0. The van der Waals surface area contributed by atoms with Gasteiger partial charge in [0.15, 0.2) is 5.69 Å². The van der Waals surface area contributed by atoms with Crippen molar-refractivity contribution < 1.29 is 0 Å². The maximum atomic E-state index is 10.1. The molecule has 0 amide bonds. The van der Waals surface area contributed by atoms with E-state index in [0.29, 0.717) is 11.3 Å². The third-order valence-electron chi connectivity index (χ3n) is 20.2. The molecule has 1 atom stereocenters. The van der Waals surface area contributed by atoms with Crippen molar-refractivity contribution >= 4 is 45.9 Å². The van der Waals surface area contributed by atoms with Gasteiger partial charge in [0.25, 0.3) is 0 Å². The maximum absolute atomic E-state index is 10.1. The third-order valence-corrected chi connectivity index (χ3v) is 20.2. The molecule has 466 valence electrons. The van der Waals surface area contributed by atoms with Gasteiger partial charge >= 0.3 is 0 Å². The van der Waals surface area contributed by atoms with E-state index in [1.165, 1.54) is 60.9 Å². The molecule has 1 unspecified atom stereocenters. The quantitative estimate of drug-likeness (QED) is 0.101. The van der Waals surface area contributed by atoms with E-state index in [1.54, 1.807) is 0 Å². The summed E-state index contributed by atoms with van der Waals surface area (Å²) in [5.74, 6) is -0.297. The monoisotopic (exact) mass is 1250 g/mol. The van der Waals surface area contributed by atoms with E-state index in [9.17, 15) is 5.26 Å². The van der Waals surface area contributed by atoms with Crippen molar-refractivity contribution in [2.24, 2.45) is 0 Å². The number of hydrogen-bond acceptors (Lipinski definition) is 2. The molecule has 0 aliphatic carbocycles. The molecule has 0 bridgehead atoms. The van der Waals surface area contributed by atoms with Crippen molar-refractivity contribution in [3.8, 4) is 95.1 Å². The van der Waals surface area contributed by atoms with Crippen LogP contribution in [-0.2, 0) is 16.2 Å².